The minimum atomic E-state index is -0.999. The first-order chi connectivity index (χ1) is 19.3. The number of benzene rings is 3. The number of hydrogen-bond acceptors (Lipinski definition) is 5. The summed E-state index contributed by atoms with van der Waals surface area (Å²) in [4.78, 5) is 27.5. The van der Waals surface area contributed by atoms with Crippen molar-refractivity contribution in [1.29, 1.82) is 5.26 Å². The molecule has 3 amide bonds. The van der Waals surface area contributed by atoms with Gasteiger partial charge in [0.2, 0.25) is 5.91 Å². The number of β-amino-alcohol motifs (C(OH)–C–C–N with tert-alkyl or cyclic N) is 1. The van der Waals surface area contributed by atoms with Crippen molar-refractivity contribution in [2.75, 3.05) is 23.7 Å². The van der Waals surface area contributed by atoms with E-state index in [4.69, 9.17) is 11.6 Å². The summed E-state index contributed by atoms with van der Waals surface area (Å²) in [5, 5.41) is 29.0. The van der Waals surface area contributed by atoms with Crippen molar-refractivity contribution in [2.45, 2.75) is 37.5 Å². The Bertz CT molecular complexity index is 1440. The fourth-order valence-electron chi connectivity index (χ4n) is 4.87. The quantitative estimate of drug-likeness (QED) is 0.307. The molecular weight excluding hydrogens is 533 g/mol. The van der Waals surface area contributed by atoms with Gasteiger partial charge >= 0.3 is 6.03 Å². The Balaban J connectivity index is 1.35. The number of urea groups is 1. The molecule has 206 valence electrons. The number of carbonyl (C=O) groups is 2. The highest BCUT2D eigenvalue weighted by Gasteiger charge is 2.39. The molecule has 2 aliphatic rings. The van der Waals surface area contributed by atoms with Gasteiger partial charge in [0.1, 0.15) is 11.9 Å². The fourth-order valence-corrected chi connectivity index (χ4v) is 5.00. The molecule has 1 aliphatic heterocycles. The number of nitriles is 1. The average Bonchev–Trinajstić information content (AvgIpc) is 3.70. The molecule has 0 spiro atoms. The van der Waals surface area contributed by atoms with Crippen molar-refractivity contribution in [3.8, 4) is 6.07 Å². The third kappa shape index (κ3) is 6.59. The monoisotopic (exact) mass is 561 g/mol. The van der Waals surface area contributed by atoms with Crippen LogP contribution in [0.3, 0.4) is 0 Å². The third-order valence-electron chi connectivity index (χ3n) is 7.18. The molecule has 5 rings (SSSR count). The number of halogens is 2. The van der Waals surface area contributed by atoms with Gasteiger partial charge in [0.15, 0.2) is 0 Å². The highest BCUT2D eigenvalue weighted by molar-refractivity contribution is 6.30. The summed E-state index contributed by atoms with van der Waals surface area (Å²) in [7, 11) is 0. The molecule has 1 aliphatic carbocycles. The van der Waals surface area contributed by atoms with Gasteiger partial charge in [-0.25, -0.2) is 9.18 Å². The van der Waals surface area contributed by atoms with Gasteiger partial charge in [-0.05, 0) is 85.0 Å². The molecule has 0 bridgehead atoms. The average molecular weight is 562 g/mol. The van der Waals surface area contributed by atoms with Crippen LogP contribution in [0.2, 0.25) is 5.02 Å². The molecule has 4 N–H and O–H groups in total. The van der Waals surface area contributed by atoms with Crippen LogP contribution >= 0.6 is 11.6 Å². The number of nitrogens with one attached hydrogen (secondary N) is 3. The number of aliphatic hydroxyl groups is 1. The second-order valence-electron chi connectivity index (χ2n) is 10.2. The van der Waals surface area contributed by atoms with Crippen LogP contribution < -0.4 is 16.0 Å². The Kier molecular flexibility index (Phi) is 8.31. The third-order valence-corrected chi connectivity index (χ3v) is 7.43. The number of rotatable bonds is 8. The second-order valence-corrected chi connectivity index (χ2v) is 10.7. The topological polar surface area (TPSA) is 117 Å². The van der Waals surface area contributed by atoms with Crippen LogP contribution in [-0.4, -0.2) is 47.2 Å². The lowest BCUT2D eigenvalue weighted by atomic mass is 9.96. The van der Waals surface area contributed by atoms with Gasteiger partial charge in [0, 0.05) is 23.7 Å². The van der Waals surface area contributed by atoms with E-state index in [1.807, 2.05) is 6.07 Å². The van der Waals surface area contributed by atoms with Gasteiger partial charge in [-0.2, -0.15) is 5.26 Å². The van der Waals surface area contributed by atoms with Crippen LogP contribution in [0.4, 0.5) is 20.6 Å². The van der Waals surface area contributed by atoms with Gasteiger partial charge in [-0.1, -0.05) is 29.8 Å². The van der Waals surface area contributed by atoms with Crippen LogP contribution in [0.15, 0.2) is 66.7 Å². The number of nitrogens with zero attached hydrogens (tertiary/aromatic N) is 2. The Labute approximate surface area is 236 Å². The van der Waals surface area contributed by atoms with Crippen molar-refractivity contribution in [3.05, 3.63) is 94.3 Å². The van der Waals surface area contributed by atoms with Crippen LogP contribution in [0.5, 0.6) is 0 Å². The normalized spacial score (nSPS) is 19.1. The molecule has 2 fully saturated rings. The molecule has 10 heteroatoms. The molecule has 1 saturated heterocycles. The smallest absolute Gasteiger partial charge is 0.322 e. The summed E-state index contributed by atoms with van der Waals surface area (Å²) in [6, 6.07) is 18.5. The lowest BCUT2D eigenvalue weighted by Gasteiger charge is -2.25. The first-order valence-corrected chi connectivity index (χ1v) is 13.5. The van der Waals surface area contributed by atoms with Crippen LogP contribution in [0.1, 0.15) is 42.0 Å². The van der Waals surface area contributed by atoms with Gasteiger partial charge in [0.25, 0.3) is 0 Å². The Morgan fingerprint density at radius 1 is 1.07 bits per heavy atom. The van der Waals surface area contributed by atoms with Crippen molar-refractivity contribution in [2.24, 2.45) is 5.92 Å². The number of likely N-dealkylation sites (tertiary alicyclic amines) is 1. The zero-order valence-corrected chi connectivity index (χ0v) is 22.4. The zero-order valence-electron chi connectivity index (χ0n) is 21.6. The molecule has 1 saturated carbocycles. The molecular formula is C30H29ClFN5O3. The lowest BCUT2D eigenvalue weighted by molar-refractivity contribution is -0.119. The van der Waals surface area contributed by atoms with Gasteiger partial charge < -0.3 is 26.0 Å². The predicted octanol–water partition coefficient (Wildman–Crippen LogP) is 5.05. The van der Waals surface area contributed by atoms with E-state index in [1.165, 1.54) is 11.0 Å². The molecule has 40 heavy (non-hydrogen) atoms. The largest absolute Gasteiger partial charge is 0.391 e. The molecule has 0 radical (unpaired) electrons. The van der Waals surface area contributed by atoms with E-state index >= 15 is 0 Å². The van der Waals surface area contributed by atoms with Gasteiger partial charge in [-0.3, -0.25) is 4.79 Å². The summed E-state index contributed by atoms with van der Waals surface area (Å²) in [6.45, 7) is 0.737. The van der Waals surface area contributed by atoms with Crippen LogP contribution in [0, 0.1) is 23.1 Å². The van der Waals surface area contributed by atoms with Gasteiger partial charge in [0.05, 0.1) is 29.5 Å². The summed E-state index contributed by atoms with van der Waals surface area (Å²) < 4.78 is 14.9. The number of aliphatic hydroxyl groups excluding tert-OH is 1. The van der Waals surface area contributed by atoms with Gasteiger partial charge in [-0.15, -0.1) is 0 Å². The molecule has 3 aromatic carbocycles. The van der Waals surface area contributed by atoms with E-state index in [1.54, 1.807) is 54.6 Å². The van der Waals surface area contributed by atoms with E-state index < -0.39 is 29.9 Å². The highest BCUT2D eigenvalue weighted by atomic mass is 35.5. The van der Waals surface area contributed by atoms with Crippen molar-refractivity contribution < 1.29 is 19.1 Å². The molecule has 1 heterocycles. The minimum Gasteiger partial charge on any atom is -0.391 e. The SMILES string of the molecule is N#Cc1cccc([C@@H](NCC2CC2)c2ccc(F)c(NC(=O)[C@H]3C[C@@H](O)CN3C(=O)Nc3ccc(Cl)cc3)c2)c1. The lowest BCUT2D eigenvalue weighted by Crippen LogP contribution is -2.45. The van der Waals surface area contributed by atoms with Crippen molar-refractivity contribution in [3.63, 3.8) is 0 Å². The maximum absolute atomic E-state index is 14.9. The maximum atomic E-state index is 14.9. The zero-order chi connectivity index (χ0) is 28.2. The molecule has 0 aromatic heterocycles. The summed E-state index contributed by atoms with van der Waals surface area (Å²) in [5.74, 6) is -0.646. The standard InChI is InChI=1S/C30H29ClFN5O3/c31-22-7-9-23(10-8-22)35-30(40)37-17-24(38)14-27(37)29(39)36-26-13-21(6-11-25(26)32)28(34-16-18-4-5-18)20-3-1-2-19(12-20)15-33/h1-3,6-13,18,24,27-28,34,38H,4-5,14,16-17H2,(H,35,40)(H,36,39)/t24-,27-,28-/m1/s1. The Morgan fingerprint density at radius 2 is 1.82 bits per heavy atom. The second kappa shape index (κ2) is 12.0. The van der Waals surface area contributed by atoms with E-state index in [0.717, 1.165) is 30.5 Å². The van der Waals surface area contributed by atoms with Crippen molar-refractivity contribution >= 4 is 34.9 Å². The number of hydrogen-bond donors (Lipinski definition) is 4. The van der Waals surface area contributed by atoms with E-state index in [-0.39, 0.29) is 24.7 Å². The number of amides is 3. The number of anilines is 2. The van der Waals surface area contributed by atoms with Crippen molar-refractivity contribution in [1.82, 2.24) is 10.2 Å². The fraction of sp³-hybridized carbons (Fsp3) is 0.300. The highest BCUT2D eigenvalue weighted by Crippen LogP contribution is 2.32. The van der Waals surface area contributed by atoms with E-state index in [0.29, 0.717) is 22.2 Å². The Hall–Kier alpha value is -3.97. The first-order valence-electron chi connectivity index (χ1n) is 13.2. The van der Waals surface area contributed by atoms with E-state index in [9.17, 15) is 24.3 Å². The molecule has 8 nitrogen and oxygen atoms in total. The molecule has 3 aromatic rings. The van der Waals surface area contributed by atoms with E-state index in [2.05, 4.69) is 22.0 Å². The predicted molar refractivity (Wildman–Crippen MR) is 150 cm³/mol. The van der Waals surface area contributed by atoms with Crippen LogP contribution in [0.25, 0.3) is 0 Å². The molecule has 3 atom stereocenters. The minimum absolute atomic E-state index is 0.0215. The first kappa shape index (κ1) is 27.6. The maximum Gasteiger partial charge on any atom is 0.322 e. The summed E-state index contributed by atoms with van der Waals surface area (Å²) in [6.07, 6.45) is 1.43. The summed E-state index contributed by atoms with van der Waals surface area (Å²) in [5.41, 5.74) is 2.54. The molecule has 0 unspecified atom stereocenters. The Morgan fingerprint density at radius 3 is 2.55 bits per heavy atom. The van der Waals surface area contributed by atoms with Crippen LogP contribution in [-0.2, 0) is 4.79 Å². The summed E-state index contributed by atoms with van der Waals surface area (Å²) >= 11 is 5.91. The number of carbonyl (C=O) groups excluding carboxylic acids is 2.